The van der Waals surface area contributed by atoms with Gasteiger partial charge in [0.25, 0.3) is 5.91 Å². The van der Waals surface area contributed by atoms with Crippen LogP contribution < -0.4 is 5.32 Å². The first-order chi connectivity index (χ1) is 11.3. The minimum absolute atomic E-state index is 0.314. The predicted octanol–water partition coefficient (Wildman–Crippen LogP) is 3.72. The third-order valence-corrected chi connectivity index (χ3v) is 4.57. The second-order valence-electron chi connectivity index (χ2n) is 6.71. The number of amides is 1. The van der Waals surface area contributed by atoms with Crippen molar-refractivity contribution in [3.05, 3.63) is 64.2 Å². The van der Waals surface area contributed by atoms with Gasteiger partial charge in [0, 0.05) is 12.1 Å². The first-order valence-electron chi connectivity index (χ1n) is 8.00. The molecule has 4 heteroatoms. The van der Waals surface area contributed by atoms with E-state index in [1.165, 1.54) is 0 Å². The first kappa shape index (κ1) is 16.2. The van der Waals surface area contributed by atoms with Gasteiger partial charge in [0.1, 0.15) is 0 Å². The van der Waals surface area contributed by atoms with Crippen molar-refractivity contribution in [1.29, 1.82) is 0 Å². The Morgan fingerprint density at radius 1 is 1.08 bits per heavy atom. The lowest BCUT2D eigenvalue weighted by atomic mass is 9.88. The molecule has 1 atom stereocenters. The molecule has 1 amide bonds. The maximum atomic E-state index is 12.7. The summed E-state index contributed by atoms with van der Waals surface area (Å²) >= 11 is 0. The number of carbonyl (C=O) groups is 2. The Labute approximate surface area is 141 Å². The van der Waals surface area contributed by atoms with Crippen molar-refractivity contribution in [2.45, 2.75) is 39.7 Å². The minimum atomic E-state index is -1.21. The number of fused-ring (bicyclic) bond motifs is 1. The summed E-state index contributed by atoms with van der Waals surface area (Å²) in [6.45, 7) is 7.63. The van der Waals surface area contributed by atoms with E-state index >= 15 is 0 Å². The van der Waals surface area contributed by atoms with E-state index in [1.54, 1.807) is 13.0 Å². The van der Waals surface area contributed by atoms with Gasteiger partial charge in [0.15, 0.2) is 5.60 Å². The van der Waals surface area contributed by atoms with Crippen LogP contribution in [0.3, 0.4) is 0 Å². The molecule has 0 bridgehead atoms. The highest BCUT2D eigenvalue weighted by Crippen LogP contribution is 2.30. The van der Waals surface area contributed by atoms with Crippen LogP contribution in [0.1, 0.15) is 39.5 Å². The molecular formula is C20H21NO3. The Morgan fingerprint density at radius 2 is 1.83 bits per heavy atom. The summed E-state index contributed by atoms with van der Waals surface area (Å²) < 4.78 is 5.48. The normalized spacial score (nSPS) is 19.4. The van der Waals surface area contributed by atoms with Crippen LogP contribution in [0, 0.1) is 20.8 Å². The molecule has 1 unspecified atom stereocenters. The van der Waals surface area contributed by atoms with Gasteiger partial charge in [0.05, 0.1) is 5.56 Å². The molecule has 3 rings (SSSR count). The molecule has 1 N–H and O–H groups in total. The lowest BCUT2D eigenvalue weighted by molar-refractivity contribution is -0.134. The predicted molar refractivity (Wildman–Crippen MR) is 93.2 cm³/mol. The lowest BCUT2D eigenvalue weighted by Crippen LogP contribution is -2.48. The van der Waals surface area contributed by atoms with Crippen molar-refractivity contribution in [1.82, 2.24) is 0 Å². The van der Waals surface area contributed by atoms with E-state index in [0.29, 0.717) is 17.7 Å². The summed E-state index contributed by atoms with van der Waals surface area (Å²) in [5.74, 6) is -0.764. The number of rotatable bonds is 2. The zero-order chi connectivity index (χ0) is 17.5. The maximum absolute atomic E-state index is 12.7. The van der Waals surface area contributed by atoms with Crippen LogP contribution in [0.2, 0.25) is 0 Å². The molecule has 0 spiro atoms. The fourth-order valence-electron chi connectivity index (χ4n) is 2.94. The Morgan fingerprint density at radius 3 is 2.54 bits per heavy atom. The summed E-state index contributed by atoms with van der Waals surface area (Å²) in [5.41, 5.74) is 4.19. The number of cyclic esters (lactones) is 1. The smallest absolute Gasteiger partial charge is 0.339 e. The largest absolute Gasteiger partial charge is 0.445 e. The van der Waals surface area contributed by atoms with Crippen molar-refractivity contribution in [3.63, 3.8) is 0 Å². The molecule has 1 aliphatic rings. The van der Waals surface area contributed by atoms with Crippen molar-refractivity contribution >= 4 is 17.6 Å². The van der Waals surface area contributed by atoms with Crippen LogP contribution in [-0.4, -0.2) is 17.5 Å². The molecule has 2 aromatic rings. The minimum Gasteiger partial charge on any atom is -0.445 e. The number of esters is 1. The molecule has 1 heterocycles. The summed E-state index contributed by atoms with van der Waals surface area (Å²) in [6, 6.07) is 11.3. The second-order valence-corrected chi connectivity index (χ2v) is 6.71. The fourth-order valence-corrected chi connectivity index (χ4v) is 2.94. The van der Waals surface area contributed by atoms with E-state index in [-0.39, 0.29) is 5.91 Å². The van der Waals surface area contributed by atoms with Gasteiger partial charge in [-0.15, -0.1) is 0 Å². The number of ether oxygens (including phenoxy) is 1. The highest BCUT2D eigenvalue weighted by Gasteiger charge is 2.42. The molecule has 4 nitrogen and oxygen atoms in total. The van der Waals surface area contributed by atoms with Gasteiger partial charge >= 0.3 is 5.97 Å². The molecule has 0 saturated carbocycles. The summed E-state index contributed by atoms with van der Waals surface area (Å²) in [7, 11) is 0. The number of carbonyl (C=O) groups excluding carboxylic acids is 2. The maximum Gasteiger partial charge on any atom is 0.339 e. The SMILES string of the molecule is Cc1ccc2c(c1)CC(C)(C(=O)Nc1ccc(C)c(C)c1)OC2=O. The Kier molecular flexibility index (Phi) is 3.91. The van der Waals surface area contributed by atoms with Crippen LogP contribution in [-0.2, 0) is 16.0 Å². The molecule has 0 saturated heterocycles. The van der Waals surface area contributed by atoms with Gasteiger partial charge in [-0.2, -0.15) is 0 Å². The van der Waals surface area contributed by atoms with Gasteiger partial charge in [0.2, 0.25) is 0 Å². The second kappa shape index (κ2) is 5.78. The van der Waals surface area contributed by atoms with Crippen molar-refractivity contribution < 1.29 is 14.3 Å². The van der Waals surface area contributed by atoms with Gasteiger partial charge in [-0.3, -0.25) is 4.79 Å². The zero-order valence-electron chi connectivity index (χ0n) is 14.4. The van der Waals surface area contributed by atoms with E-state index < -0.39 is 11.6 Å². The Bertz CT molecular complexity index is 841. The highest BCUT2D eigenvalue weighted by molar-refractivity contribution is 6.02. The average Bonchev–Trinajstić information content (AvgIpc) is 2.50. The van der Waals surface area contributed by atoms with Crippen LogP contribution in [0.4, 0.5) is 5.69 Å². The highest BCUT2D eigenvalue weighted by atomic mass is 16.6. The number of hydrogen-bond acceptors (Lipinski definition) is 3. The summed E-state index contributed by atoms with van der Waals surface area (Å²) in [5, 5.41) is 2.87. The van der Waals surface area contributed by atoms with E-state index in [2.05, 4.69) is 5.32 Å². The van der Waals surface area contributed by atoms with E-state index in [1.807, 2.05) is 51.1 Å². The van der Waals surface area contributed by atoms with Crippen LogP contribution in [0.25, 0.3) is 0 Å². The third kappa shape index (κ3) is 2.92. The van der Waals surface area contributed by atoms with Crippen LogP contribution in [0.5, 0.6) is 0 Å². The first-order valence-corrected chi connectivity index (χ1v) is 8.00. The van der Waals surface area contributed by atoms with Crippen LogP contribution in [0.15, 0.2) is 36.4 Å². The van der Waals surface area contributed by atoms with E-state index in [9.17, 15) is 9.59 Å². The average molecular weight is 323 g/mol. The molecule has 0 fully saturated rings. The zero-order valence-corrected chi connectivity index (χ0v) is 14.4. The number of nitrogens with one attached hydrogen (secondary N) is 1. The quantitative estimate of drug-likeness (QED) is 0.857. The molecule has 0 aliphatic carbocycles. The van der Waals surface area contributed by atoms with Crippen molar-refractivity contribution in [3.8, 4) is 0 Å². The topological polar surface area (TPSA) is 55.4 Å². The monoisotopic (exact) mass is 323 g/mol. The number of anilines is 1. The summed E-state index contributed by atoms with van der Waals surface area (Å²) in [4.78, 5) is 25.0. The Hall–Kier alpha value is -2.62. The number of benzene rings is 2. The lowest BCUT2D eigenvalue weighted by Gasteiger charge is -2.33. The van der Waals surface area contributed by atoms with Gasteiger partial charge in [-0.1, -0.05) is 23.8 Å². The van der Waals surface area contributed by atoms with E-state index in [0.717, 1.165) is 22.3 Å². The molecular weight excluding hydrogens is 302 g/mol. The van der Waals surface area contributed by atoms with Crippen molar-refractivity contribution in [2.24, 2.45) is 0 Å². The number of hydrogen-bond donors (Lipinski definition) is 1. The molecule has 1 aliphatic heterocycles. The van der Waals surface area contributed by atoms with Gasteiger partial charge in [-0.05, 0) is 62.6 Å². The van der Waals surface area contributed by atoms with Crippen LogP contribution >= 0.6 is 0 Å². The molecule has 124 valence electrons. The van der Waals surface area contributed by atoms with Gasteiger partial charge in [-0.25, -0.2) is 4.79 Å². The third-order valence-electron chi connectivity index (χ3n) is 4.57. The molecule has 2 aromatic carbocycles. The fraction of sp³-hybridized carbons (Fsp3) is 0.300. The molecule has 0 radical (unpaired) electrons. The van der Waals surface area contributed by atoms with Gasteiger partial charge < -0.3 is 10.1 Å². The number of aryl methyl sites for hydroxylation is 3. The Balaban J connectivity index is 1.86. The standard InChI is InChI=1S/C20H21NO3/c1-12-5-8-17-15(9-12)11-20(4,24-18(17)22)19(23)21-16-7-6-13(2)14(3)10-16/h5-10H,11H2,1-4H3,(H,21,23). The van der Waals surface area contributed by atoms with E-state index in [4.69, 9.17) is 4.74 Å². The molecule has 0 aromatic heterocycles. The van der Waals surface area contributed by atoms with Crippen molar-refractivity contribution in [2.75, 3.05) is 5.32 Å². The molecule has 24 heavy (non-hydrogen) atoms. The summed E-state index contributed by atoms with van der Waals surface area (Å²) in [6.07, 6.45) is 0.367.